The van der Waals surface area contributed by atoms with Gasteiger partial charge in [-0.25, -0.2) is 4.98 Å². The highest BCUT2D eigenvalue weighted by Crippen LogP contribution is 2.22. The molecule has 92 valence electrons. The van der Waals surface area contributed by atoms with Crippen molar-refractivity contribution in [3.63, 3.8) is 0 Å². The van der Waals surface area contributed by atoms with Gasteiger partial charge in [0, 0.05) is 24.2 Å². The molecule has 2 aromatic rings. The lowest BCUT2D eigenvalue weighted by Gasteiger charge is -2.04. The monoisotopic (exact) mass is 280 g/mol. The number of hydrogen-bond acceptors (Lipinski definition) is 4. The zero-order valence-corrected chi connectivity index (χ0v) is 11.1. The average Bonchev–Trinajstić information content (AvgIpc) is 2.38. The molecule has 0 aromatic carbocycles. The van der Waals surface area contributed by atoms with Crippen LogP contribution in [0.15, 0.2) is 41.9 Å². The van der Waals surface area contributed by atoms with Gasteiger partial charge < -0.3 is 0 Å². The number of nitrogens with one attached hydrogen (secondary N) is 1. The van der Waals surface area contributed by atoms with Crippen molar-refractivity contribution in [1.29, 1.82) is 0 Å². The average molecular weight is 281 g/mol. The third-order valence-corrected chi connectivity index (χ3v) is 2.71. The summed E-state index contributed by atoms with van der Waals surface area (Å²) in [7, 11) is 0. The number of anilines is 1. The molecule has 2 heterocycles. The molecule has 0 amide bonds. The van der Waals surface area contributed by atoms with Crippen LogP contribution in [0.1, 0.15) is 12.5 Å². The Hall–Kier alpha value is -1.65. The summed E-state index contributed by atoms with van der Waals surface area (Å²) in [5.41, 5.74) is 4.51. The Balaban J connectivity index is 2.15. The van der Waals surface area contributed by atoms with Crippen molar-refractivity contribution in [3.8, 4) is 0 Å². The predicted molar refractivity (Wildman–Crippen MR) is 74.3 cm³/mol. The summed E-state index contributed by atoms with van der Waals surface area (Å²) >= 11 is 11.7. The number of hydrazone groups is 1. The fourth-order valence-corrected chi connectivity index (χ4v) is 1.70. The summed E-state index contributed by atoms with van der Waals surface area (Å²) in [5.74, 6) is 0.462. The number of pyridine rings is 2. The fourth-order valence-electron chi connectivity index (χ4n) is 1.27. The molecule has 4 nitrogen and oxygen atoms in total. The fraction of sp³-hybridized carbons (Fsp3) is 0.0833. The Morgan fingerprint density at radius 3 is 2.83 bits per heavy atom. The van der Waals surface area contributed by atoms with E-state index in [0.717, 1.165) is 11.3 Å². The van der Waals surface area contributed by atoms with E-state index >= 15 is 0 Å². The molecule has 0 aliphatic carbocycles. The highest BCUT2D eigenvalue weighted by atomic mass is 35.5. The van der Waals surface area contributed by atoms with Crippen molar-refractivity contribution in [1.82, 2.24) is 9.97 Å². The van der Waals surface area contributed by atoms with Crippen molar-refractivity contribution in [2.45, 2.75) is 6.92 Å². The molecule has 0 fully saturated rings. The minimum Gasteiger partial charge on any atom is -0.264 e. The molecule has 2 rings (SSSR count). The summed E-state index contributed by atoms with van der Waals surface area (Å²) in [5, 5.41) is 5.10. The van der Waals surface area contributed by atoms with Gasteiger partial charge in [-0.1, -0.05) is 29.3 Å². The van der Waals surface area contributed by atoms with E-state index in [1.165, 1.54) is 6.20 Å². The number of rotatable bonds is 3. The predicted octanol–water partition coefficient (Wildman–Crippen LogP) is 3.62. The third-order valence-electron chi connectivity index (χ3n) is 2.22. The number of halogens is 2. The Labute approximate surface area is 115 Å². The molecule has 18 heavy (non-hydrogen) atoms. The molecule has 0 spiro atoms. The highest BCUT2D eigenvalue weighted by molar-refractivity contribution is 6.35. The van der Waals surface area contributed by atoms with Crippen LogP contribution in [0.25, 0.3) is 0 Å². The largest absolute Gasteiger partial charge is 0.264 e. The van der Waals surface area contributed by atoms with Gasteiger partial charge in [-0.3, -0.25) is 10.4 Å². The molecular weight excluding hydrogens is 271 g/mol. The number of nitrogens with zero attached hydrogens (tertiary/aromatic N) is 3. The second-order valence-electron chi connectivity index (χ2n) is 3.53. The van der Waals surface area contributed by atoms with Crippen molar-refractivity contribution >= 4 is 34.7 Å². The zero-order chi connectivity index (χ0) is 13.0. The van der Waals surface area contributed by atoms with Crippen LogP contribution in [0.5, 0.6) is 0 Å². The second-order valence-corrected chi connectivity index (χ2v) is 4.38. The van der Waals surface area contributed by atoms with Crippen LogP contribution in [0.4, 0.5) is 5.82 Å². The molecule has 0 saturated heterocycles. The Morgan fingerprint density at radius 1 is 1.33 bits per heavy atom. The van der Waals surface area contributed by atoms with E-state index in [-0.39, 0.29) is 0 Å². The van der Waals surface area contributed by atoms with Crippen molar-refractivity contribution in [2.75, 3.05) is 5.43 Å². The Morgan fingerprint density at radius 2 is 2.17 bits per heavy atom. The van der Waals surface area contributed by atoms with Crippen LogP contribution >= 0.6 is 23.2 Å². The van der Waals surface area contributed by atoms with Gasteiger partial charge in [-0.05, 0) is 19.1 Å². The van der Waals surface area contributed by atoms with E-state index < -0.39 is 0 Å². The van der Waals surface area contributed by atoms with E-state index in [1.54, 1.807) is 18.5 Å². The maximum absolute atomic E-state index is 5.97. The van der Waals surface area contributed by atoms with Gasteiger partial charge >= 0.3 is 0 Å². The highest BCUT2D eigenvalue weighted by Gasteiger charge is 2.02. The van der Waals surface area contributed by atoms with E-state index in [1.807, 2.05) is 19.1 Å². The first-order chi connectivity index (χ1) is 8.66. The van der Waals surface area contributed by atoms with Crippen LogP contribution in [-0.4, -0.2) is 15.7 Å². The van der Waals surface area contributed by atoms with E-state index in [9.17, 15) is 0 Å². The van der Waals surface area contributed by atoms with Crippen molar-refractivity contribution in [2.24, 2.45) is 5.10 Å². The van der Waals surface area contributed by atoms with Gasteiger partial charge in [-0.2, -0.15) is 5.10 Å². The minimum absolute atomic E-state index is 0.422. The third kappa shape index (κ3) is 3.18. The molecule has 6 heteroatoms. The molecule has 0 bridgehead atoms. The standard InChI is InChI=1S/C12H10Cl2N4/c1-8(9-3-2-4-15-6-9)17-18-12-11(14)5-10(13)7-16-12/h2-7H,1H3,(H,16,18)/b17-8+. The smallest absolute Gasteiger partial charge is 0.165 e. The van der Waals surface area contributed by atoms with Gasteiger partial charge in [0.2, 0.25) is 0 Å². The van der Waals surface area contributed by atoms with E-state index in [2.05, 4.69) is 20.5 Å². The first kappa shape index (κ1) is 12.8. The van der Waals surface area contributed by atoms with E-state index in [0.29, 0.717) is 15.9 Å². The van der Waals surface area contributed by atoms with E-state index in [4.69, 9.17) is 23.2 Å². The number of aromatic nitrogens is 2. The normalized spacial score (nSPS) is 11.4. The molecule has 0 radical (unpaired) electrons. The summed E-state index contributed by atoms with van der Waals surface area (Å²) in [6.07, 6.45) is 4.95. The van der Waals surface area contributed by atoms with Gasteiger partial charge in [0.1, 0.15) is 0 Å². The summed E-state index contributed by atoms with van der Waals surface area (Å²) in [4.78, 5) is 8.07. The summed E-state index contributed by atoms with van der Waals surface area (Å²) in [6.45, 7) is 1.87. The molecule has 1 N–H and O–H groups in total. The molecule has 0 aliphatic rings. The SMILES string of the molecule is C/C(=N\Nc1ncc(Cl)cc1Cl)c1cccnc1. The van der Waals surface area contributed by atoms with Crippen LogP contribution < -0.4 is 5.43 Å². The summed E-state index contributed by atoms with van der Waals surface area (Å²) < 4.78 is 0. The molecular formula is C12H10Cl2N4. The topological polar surface area (TPSA) is 50.2 Å². The maximum atomic E-state index is 5.97. The van der Waals surface area contributed by atoms with Gasteiger partial charge in [-0.15, -0.1) is 0 Å². The minimum atomic E-state index is 0.422. The zero-order valence-electron chi connectivity index (χ0n) is 9.56. The molecule has 0 aliphatic heterocycles. The van der Waals surface area contributed by atoms with Gasteiger partial charge in [0.25, 0.3) is 0 Å². The van der Waals surface area contributed by atoms with Crippen LogP contribution in [-0.2, 0) is 0 Å². The molecule has 0 unspecified atom stereocenters. The molecule has 2 aromatic heterocycles. The summed E-state index contributed by atoms with van der Waals surface area (Å²) in [6, 6.07) is 5.37. The Bertz CT molecular complexity index is 570. The van der Waals surface area contributed by atoms with Crippen molar-refractivity contribution in [3.05, 3.63) is 52.4 Å². The number of hydrogen-bond donors (Lipinski definition) is 1. The molecule has 0 saturated carbocycles. The van der Waals surface area contributed by atoms with Gasteiger partial charge in [0.15, 0.2) is 5.82 Å². The van der Waals surface area contributed by atoms with Crippen LogP contribution in [0, 0.1) is 0 Å². The Kier molecular flexibility index (Phi) is 4.12. The lowest BCUT2D eigenvalue weighted by Crippen LogP contribution is -2.01. The van der Waals surface area contributed by atoms with Crippen molar-refractivity contribution < 1.29 is 0 Å². The first-order valence-electron chi connectivity index (χ1n) is 5.18. The van der Waals surface area contributed by atoms with Crippen LogP contribution in [0.3, 0.4) is 0 Å². The second kappa shape index (κ2) is 5.80. The van der Waals surface area contributed by atoms with Gasteiger partial charge in [0.05, 0.1) is 15.8 Å². The molecule has 0 atom stereocenters. The maximum Gasteiger partial charge on any atom is 0.165 e. The lowest BCUT2D eigenvalue weighted by molar-refractivity contribution is 1.21. The van der Waals surface area contributed by atoms with Crippen LogP contribution in [0.2, 0.25) is 10.0 Å². The lowest BCUT2D eigenvalue weighted by atomic mass is 10.2. The first-order valence-corrected chi connectivity index (χ1v) is 5.94. The quantitative estimate of drug-likeness (QED) is 0.690.